The number of hydrogen-bond acceptors (Lipinski definition) is 5. The molecule has 0 aliphatic heterocycles. The molecule has 1 aromatic carbocycles. The van der Waals surface area contributed by atoms with Crippen LogP contribution in [0.1, 0.15) is 0 Å². The van der Waals surface area contributed by atoms with E-state index in [1.165, 1.54) is 17.8 Å². The van der Waals surface area contributed by atoms with Crippen LogP contribution in [-0.4, -0.2) is 26.8 Å². The minimum absolute atomic E-state index is 0.0941. The molecule has 0 atom stereocenters. The highest BCUT2D eigenvalue weighted by Crippen LogP contribution is 2.21. The molecule has 0 saturated carbocycles. The summed E-state index contributed by atoms with van der Waals surface area (Å²) in [6, 6.07) is 14.1. The Balaban J connectivity index is 1.65. The van der Waals surface area contributed by atoms with Crippen molar-refractivity contribution in [3.05, 3.63) is 71.3 Å². The molecule has 2 N–H and O–H groups in total. The number of pyridine rings is 1. The maximum atomic E-state index is 12.1. The van der Waals surface area contributed by atoms with Crippen molar-refractivity contribution in [3.63, 3.8) is 0 Å². The van der Waals surface area contributed by atoms with Crippen molar-refractivity contribution < 1.29 is 4.79 Å². The average Bonchev–Trinajstić information content (AvgIpc) is 2.62. The molecule has 24 heavy (non-hydrogen) atoms. The molecular weight excluding hydrogens is 324 g/mol. The summed E-state index contributed by atoms with van der Waals surface area (Å²) < 4.78 is 0. The van der Waals surface area contributed by atoms with Gasteiger partial charge in [-0.25, -0.2) is 5.10 Å². The lowest BCUT2D eigenvalue weighted by Gasteiger charge is -2.07. The van der Waals surface area contributed by atoms with Gasteiger partial charge in [-0.1, -0.05) is 12.1 Å². The molecule has 6 nitrogen and oxygen atoms in total. The minimum Gasteiger partial charge on any atom is -0.325 e. The van der Waals surface area contributed by atoms with Gasteiger partial charge in [-0.2, -0.15) is 5.10 Å². The van der Waals surface area contributed by atoms with Gasteiger partial charge in [0.05, 0.1) is 11.4 Å². The highest BCUT2D eigenvalue weighted by atomic mass is 32.2. The van der Waals surface area contributed by atoms with E-state index in [1.807, 2.05) is 36.4 Å². The van der Waals surface area contributed by atoms with E-state index in [-0.39, 0.29) is 11.5 Å². The summed E-state index contributed by atoms with van der Waals surface area (Å²) in [4.78, 5) is 28.1. The Kier molecular flexibility index (Phi) is 5.02. The number of nitrogens with one attached hydrogen (secondary N) is 2. The highest BCUT2D eigenvalue weighted by molar-refractivity contribution is 8.00. The van der Waals surface area contributed by atoms with Crippen molar-refractivity contribution in [1.82, 2.24) is 15.2 Å². The molecule has 3 rings (SSSR count). The van der Waals surface area contributed by atoms with Gasteiger partial charge in [0, 0.05) is 34.6 Å². The number of benzene rings is 1. The molecule has 120 valence electrons. The summed E-state index contributed by atoms with van der Waals surface area (Å²) in [6.07, 6.45) is 3.39. The molecule has 2 aromatic heterocycles. The second-order valence-corrected chi connectivity index (χ2v) is 5.96. The average molecular weight is 338 g/mol. The van der Waals surface area contributed by atoms with Crippen LogP contribution in [0, 0.1) is 0 Å². The van der Waals surface area contributed by atoms with Gasteiger partial charge >= 0.3 is 0 Å². The first-order chi connectivity index (χ1) is 11.7. The Morgan fingerprint density at radius 3 is 2.71 bits per heavy atom. The molecule has 2 heterocycles. The fourth-order valence-corrected chi connectivity index (χ4v) is 2.73. The first kappa shape index (κ1) is 15.9. The Morgan fingerprint density at radius 2 is 1.96 bits per heavy atom. The van der Waals surface area contributed by atoms with Crippen molar-refractivity contribution in [2.24, 2.45) is 0 Å². The van der Waals surface area contributed by atoms with Gasteiger partial charge < -0.3 is 5.32 Å². The van der Waals surface area contributed by atoms with Gasteiger partial charge in [0.1, 0.15) is 0 Å². The van der Waals surface area contributed by atoms with Gasteiger partial charge in [0.15, 0.2) is 0 Å². The maximum Gasteiger partial charge on any atom is 0.264 e. The van der Waals surface area contributed by atoms with E-state index in [1.54, 1.807) is 18.5 Å². The quantitative estimate of drug-likeness (QED) is 0.698. The number of amides is 1. The van der Waals surface area contributed by atoms with Crippen LogP contribution in [0.15, 0.2) is 70.6 Å². The van der Waals surface area contributed by atoms with E-state index < -0.39 is 0 Å². The summed E-state index contributed by atoms with van der Waals surface area (Å²) in [5, 5.41) is 9.24. The molecule has 0 radical (unpaired) electrons. The van der Waals surface area contributed by atoms with Crippen LogP contribution in [0.4, 0.5) is 5.69 Å². The van der Waals surface area contributed by atoms with E-state index in [2.05, 4.69) is 20.5 Å². The summed E-state index contributed by atoms with van der Waals surface area (Å²) in [6.45, 7) is 0. The predicted octanol–water partition coefficient (Wildman–Crippen LogP) is 2.56. The van der Waals surface area contributed by atoms with E-state index in [0.29, 0.717) is 17.1 Å². The van der Waals surface area contributed by atoms with E-state index >= 15 is 0 Å². The predicted molar refractivity (Wildman–Crippen MR) is 93.9 cm³/mol. The van der Waals surface area contributed by atoms with Gasteiger partial charge in [-0.05, 0) is 30.3 Å². The monoisotopic (exact) mass is 338 g/mol. The minimum atomic E-state index is -0.253. The van der Waals surface area contributed by atoms with Gasteiger partial charge in [0.25, 0.3) is 5.56 Å². The van der Waals surface area contributed by atoms with Crippen LogP contribution in [0.2, 0.25) is 0 Å². The zero-order valence-corrected chi connectivity index (χ0v) is 13.4. The lowest BCUT2D eigenvalue weighted by Crippen LogP contribution is -2.14. The number of anilines is 1. The molecule has 0 spiro atoms. The number of carbonyl (C=O) groups excluding carboxylic acids is 1. The second-order valence-electron chi connectivity index (χ2n) is 4.91. The summed E-state index contributed by atoms with van der Waals surface area (Å²) in [5.74, 6) is 0.217. The third-order valence-corrected chi connectivity index (χ3v) is 4.15. The zero-order valence-electron chi connectivity index (χ0n) is 12.6. The Morgan fingerprint density at radius 1 is 1.12 bits per heavy atom. The summed E-state index contributed by atoms with van der Waals surface area (Å²) in [7, 11) is 0. The standard InChI is InChI=1S/C17H14N4O2S/c22-16-5-4-15(20-21-16)12-2-1-3-13(10-12)19-17(23)11-24-14-6-8-18-9-7-14/h1-10H,11H2,(H,19,23)(H,21,22). The number of nitrogens with zero attached hydrogens (tertiary/aromatic N) is 2. The lowest BCUT2D eigenvalue weighted by molar-refractivity contribution is -0.113. The van der Waals surface area contributed by atoms with Crippen LogP contribution < -0.4 is 10.9 Å². The van der Waals surface area contributed by atoms with Crippen molar-refractivity contribution in [3.8, 4) is 11.3 Å². The Bertz CT molecular complexity index is 876. The maximum absolute atomic E-state index is 12.1. The molecular formula is C17H14N4O2S. The zero-order chi connectivity index (χ0) is 16.8. The molecule has 3 aromatic rings. The number of thioether (sulfide) groups is 1. The molecule has 1 amide bonds. The van der Waals surface area contributed by atoms with Crippen LogP contribution in [-0.2, 0) is 4.79 Å². The van der Waals surface area contributed by atoms with Gasteiger partial charge in [0.2, 0.25) is 5.91 Å². The number of aromatic amines is 1. The van der Waals surface area contributed by atoms with Gasteiger partial charge in [-0.3, -0.25) is 14.6 Å². The lowest BCUT2D eigenvalue weighted by atomic mass is 10.1. The van der Waals surface area contributed by atoms with Crippen LogP contribution in [0.5, 0.6) is 0 Å². The van der Waals surface area contributed by atoms with E-state index in [9.17, 15) is 9.59 Å². The molecule has 0 aliphatic carbocycles. The number of H-pyrrole nitrogens is 1. The SMILES string of the molecule is O=C(CSc1ccncc1)Nc1cccc(-c2ccc(=O)[nH]n2)c1. The molecule has 0 saturated heterocycles. The van der Waals surface area contributed by atoms with Crippen LogP contribution >= 0.6 is 11.8 Å². The fourth-order valence-electron chi connectivity index (χ4n) is 2.04. The van der Waals surface area contributed by atoms with Crippen LogP contribution in [0.3, 0.4) is 0 Å². The smallest absolute Gasteiger partial charge is 0.264 e. The molecule has 7 heteroatoms. The third kappa shape index (κ3) is 4.30. The second kappa shape index (κ2) is 7.56. The fraction of sp³-hybridized carbons (Fsp3) is 0.0588. The van der Waals surface area contributed by atoms with Crippen molar-refractivity contribution in [2.45, 2.75) is 4.90 Å². The summed E-state index contributed by atoms with van der Waals surface area (Å²) in [5.41, 5.74) is 1.87. The van der Waals surface area contributed by atoms with Gasteiger partial charge in [-0.15, -0.1) is 11.8 Å². The highest BCUT2D eigenvalue weighted by Gasteiger charge is 2.06. The topological polar surface area (TPSA) is 87.7 Å². The van der Waals surface area contributed by atoms with Crippen molar-refractivity contribution >= 4 is 23.4 Å². The number of aromatic nitrogens is 3. The normalized spacial score (nSPS) is 10.3. The first-order valence-electron chi connectivity index (χ1n) is 7.19. The number of hydrogen-bond donors (Lipinski definition) is 2. The number of carbonyl (C=O) groups is 1. The van der Waals surface area contributed by atoms with E-state index in [0.717, 1.165) is 10.5 Å². The molecule has 0 fully saturated rings. The van der Waals surface area contributed by atoms with E-state index in [4.69, 9.17) is 0 Å². The molecule has 0 bridgehead atoms. The Hall–Kier alpha value is -2.93. The molecule has 0 unspecified atom stereocenters. The molecule has 0 aliphatic rings. The third-order valence-electron chi connectivity index (χ3n) is 3.14. The van der Waals surface area contributed by atoms with Crippen molar-refractivity contribution in [2.75, 3.05) is 11.1 Å². The number of rotatable bonds is 5. The summed E-state index contributed by atoms with van der Waals surface area (Å²) >= 11 is 1.45. The largest absolute Gasteiger partial charge is 0.325 e. The first-order valence-corrected chi connectivity index (χ1v) is 8.18. The van der Waals surface area contributed by atoms with Crippen LogP contribution in [0.25, 0.3) is 11.3 Å². The van der Waals surface area contributed by atoms with Crippen molar-refractivity contribution in [1.29, 1.82) is 0 Å². The Labute approximate surface area is 142 Å².